The molecule has 0 saturated carbocycles. The Morgan fingerprint density at radius 3 is 2.36 bits per heavy atom. The zero-order chi connectivity index (χ0) is 10.4. The van der Waals surface area contributed by atoms with Crippen molar-refractivity contribution in [3.05, 3.63) is 56.5 Å². The summed E-state index contributed by atoms with van der Waals surface area (Å²) in [6, 6.07) is 5.34. The molecule has 7 heteroatoms. The summed E-state index contributed by atoms with van der Waals surface area (Å²) < 4.78 is 12.7. The Labute approximate surface area is 78.2 Å². The largest absolute Gasteiger partial charge is 0.207 e. The predicted molar refractivity (Wildman–Crippen MR) is 47.4 cm³/mol. The van der Waals surface area contributed by atoms with Gasteiger partial charge in [0.1, 0.15) is 12.0 Å². The van der Waals surface area contributed by atoms with E-state index in [4.69, 9.17) is 11.1 Å². The van der Waals surface area contributed by atoms with Crippen molar-refractivity contribution in [2.45, 2.75) is 6.17 Å². The Morgan fingerprint density at radius 2 is 1.86 bits per heavy atom. The number of rotatable bonds is 3. The van der Waals surface area contributed by atoms with Crippen LogP contribution in [-0.4, -0.2) is 0 Å². The van der Waals surface area contributed by atoms with Crippen molar-refractivity contribution in [1.82, 2.24) is 0 Å². The number of halogens is 1. The molecule has 0 spiro atoms. The fourth-order valence-electron chi connectivity index (χ4n) is 0.921. The van der Waals surface area contributed by atoms with Gasteiger partial charge in [-0.2, -0.15) is 0 Å². The summed E-state index contributed by atoms with van der Waals surface area (Å²) >= 11 is 0. The lowest BCUT2D eigenvalue weighted by molar-refractivity contribution is 0.620. The van der Waals surface area contributed by atoms with Crippen LogP contribution in [0.2, 0.25) is 0 Å². The zero-order valence-electron chi connectivity index (χ0n) is 6.95. The molecule has 0 aliphatic carbocycles. The van der Waals surface area contributed by atoms with Crippen LogP contribution in [0.3, 0.4) is 0 Å². The number of nitrogens with zero attached hydrogens (tertiary/aromatic N) is 6. The van der Waals surface area contributed by atoms with Crippen molar-refractivity contribution in [3.8, 4) is 0 Å². The monoisotopic (exact) mass is 192 g/mol. The lowest BCUT2D eigenvalue weighted by atomic mass is 10.2. The van der Waals surface area contributed by atoms with Crippen LogP contribution in [0.1, 0.15) is 11.7 Å². The molecule has 1 rings (SSSR count). The van der Waals surface area contributed by atoms with E-state index in [9.17, 15) is 4.39 Å². The van der Waals surface area contributed by atoms with Gasteiger partial charge in [0.25, 0.3) is 0 Å². The Kier molecular flexibility index (Phi) is 3.32. The van der Waals surface area contributed by atoms with Crippen molar-refractivity contribution in [1.29, 1.82) is 0 Å². The van der Waals surface area contributed by atoms with Crippen LogP contribution < -0.4 is 0 Å². The standard InChI is InChI=1S/C7H5FN6/c8-6-3-1-2-5(4-6)7(11-13-9)12-14-10/h1-4,7H. The van der Waals surface area contributed by atoms with E-state index in [-0.39, 0.29) is 0 Å². The van der Waals surface area contributed by atoms with Gasteiger partial charge in [-0.25, -0.2) is 4.39 Å². The zero-order valence-corrected chi connectivity index (χ0v) is 6.95. The quantitative estimate of drug-likeness (QED) is 0.398. The molecule has 6 nitrogen and oxygen atoms in total. The Hall–Kier alpha value is -2.23. The first kappa shape index (κ1) is 9.85. The third kappa shape index (κ3) is 2.38. The predicted octanol–water partition coefficient (Wildman–Crippen LogP) is 3.44. The van der Waals surface area contributed by atoms with E-state index in [2.05, 4.69) is 20.1 Å². The first-order chi connectivity index (χ1) is 6.77. The van der Waals surface area contributed by atoms with Gasteiger partial charge < -0.3 is 0 Å². The molecular weight excluding hydrogens is 187 g/mol. The van der Waals surface area contributed by atoms with Gasteiger partial charge in [-0.1, -0.05) is 22.4 Å². The first-order valence-electron chi connectivity index (χ1n) is 3.62. The highest BCUT2D eigenvalue weighted by Crippen LogP contribution is 2.19. The van der Waals surface area contributed by atoms with E-state index in [0.29, 0.717) is 5.56 Å². The lowest BCUT2D eigenvalue weighted by Gasteiger charge is -2.03. The minimum atomic E-state index is -1.04. The van der Waals surface area contributed by atoms with E-state index in [0.717, 1.165) is 6.07 Å². The molecule has 0 atom stereocenters. The molecule has 0 fully saturated rings. The smallest absolute Gasteiger partial charge is 0.141 e. The third-order valence-corrected chi connectivity index (χ3v) is 1.47. The summed E-state index contributed by atoms with van der Waals surface area (Å²) in [5, 5.41) is 6.44. The van der Waals surface area contributed by atoms with Crippen molar-refractivity contribution in [3.63, 3.8) is 0 Å². The topological polar surface area (TPSA) is 97.5 Å². The molecule has 0 aliphatic heterocycles. The van der Waals surface area contributed by atoms with E-state index >= 15 is 0 Å². The Bertz CT molecular complexity index is 400. The van der Waals surface area contributed by atoms with Crippen molar-refractivity contribution in [2.75, 3.05) is 0 Å². The molecular formula is C7H5FN6. The fourth-order valence-corrected chi connectivity index (χ4v) is 0.921. The minimum Gasteiger partial charge on any atom is -0.207 e. The summed E-state index contributed by atoms with van der Waals surface area (Å²) in [5.74, 6) is -0.478. The molecule has 0 radical (unpaired) electrons. The van der Waals surface area contributed by atoms with Crippen LogP contribution in [-0.2, 0) is 0 Å². The average Bonchev–Trinajstić information content (AvgIpc) is 2.17. The van der Waals surface area contributed by atoms with Crippen molar-refractivity contribution >= 4 is 0 Å². The second kappa shape index (κ2) is 4.71. The highest BCUT2D eigenvalue weighted by atomic mass is 19.1. The van der Waals surface area contributed by atoms with Crippen LogP contribution in [0.5, 0.6) is 0 Å². The lowest BCUT2D eigenvalue weighted by Crippen LogP contribution is -1.89. The van der Waals surface area contributed by atoms with Gasteiger partial charge in [-0.3, -0.25) is 0 Å². The number of hydrogen-bond acceptors (Lipinski definition) is 2. The number of azide groups is 1. The van der Waals surface area contributed by atoms with Crippen LogP contribution in [0.25, 0.3) is 20.9 Å². The SMILES string of the molecule is [N-]=[N+]=NC(N=[N+]=[N-])c1cccc(F)c1. The highest BCUT2D eigenvalue weighted by Gasteiger charge is 2.06. The Balaban J connectivity index is 3.10. The normalized spacial score (nSPS) is 10.9. The van der Waals surface area contributed by atoms with Gasteiger partial charge in [0.2, 0.25) is 0 Å². The van der Waals surface area contributed by atoms with Crippen LogP contribution >= 0.6 is 0 Å². The highest BCUT2D eigenvalue weighted by molar-refractivity contribution is 5.19. The minimum absolute atomic E-state index is 0.320. The summed E-state index contributed by atoms with van der Waals surface area (Å²) in [5.41, 5.74) is 16.7. The summed E-state index contributed by atoms with van der Waals surface area (Å²) in [6.07, 6.45) is -1.04. The molecule has 1 aromatic rings. The van der Waals surface area contributed by atoms with E-state index in [1.54, 1.807) is 0 Å². The van der Waals surface area contributed by atoms with Gasteiger partial charge in [-0.05, 0) is 28.8 Å². The summed E-state index contributed by atoms with van der Waals surface area (Å²) in [6.45, 7) is 0. The number of benzene rings is 1. The molecule has 0 bridgehead atoms. The molecule has 0 aliphatic rings. The Morgan fingerprint density at radius 1 is 1.21 bits per heavy atom. The molecule has 0 amide bonds. The average molecular weight is 192 g/mol. The molecule has 0 N–H and O–H groups in total. The molecule has 70 valence electrons. The maximum Gasteiger partial charge on any atom is 0.141 e. The van der Waals surface area contributed by atoms with Crippen LogP contribution in [0, 0.1) is 5.82 Å². The van der Waals surface area contributed by atoms with Crippen molar-refractivity contribution in [2.24, 2.45) is 10.2 Å². The van der Waals surface area contributed by atoms with E-state index in [1.165, 1.54) is 18.2 Å². The maximum atomic E-state index is 12.7. The maximum absolute atomic E-state index is 12.7. The summed E-state index contributed by atoms with van der Waals surface area (Å²) in [7, 11) is 0. The van der Waals surface area contributed by atoms with Crippen LogP contribution in [0.15, 0.2) is 34.5 Å². The molecule has 0 heterocycles. The third-order valence-electron chi connectivity index (χ3n) is 1.47. The molecule has 0 aromatic heterocycles. The van der Waals surface area contributed by atoms with Crippen molar-refractivity contribution < 1.29 is 4.39 Å². The van der Waals surface area contributed by atoms with Gasteiger partial charge in [0, 0.05) is 9.82 Å². The summed E-state index contributed by atoms with van der Waals surface area (Å²) in [4.78, 5) is 5.00. The molecule has 14 heavy (non-hydrogen) atoms. The van der Waals surface area contributed by atoms with E-state index in [1.807, 2.05) is 0 Å². The van der Waals surface area contributed by atoms with Gasteiger partial charge in [0.15, 0.2) is 0 Å². The second-order valence-corrected chi connectivity index (χ2v) is 2.34. The van der Waals surface area contributed by atoms with Gasteiger partial charge >= 0.3 is 0 Å². The molecule has 0 unspecified atom stereocenters. The van der Waals surface area contributed by atoms with Gasteiger partial charge in [0.05, 0.1) is 0 Å². The van der Waals surface area contributed by atoms with Gasteiger partial charge in [-0.15, -0.1) is 0 Å². The first-order valence-corrected chi connectivity index (χ1v) is 3.62. The molecule has 1 aromatic carbocycles. The molecule has 0 saturated heterocycles. The second-order valence-electron chi connectivity index (χ2n) is 2.34. The fraction of sp³-hybridized carbons (Fsp3) is 0.143. The van der Waals surface area contributed by atoms with Crippen LogP contribution in [0.4, 0.5) is 4.39 Å². The number of hydrogen-bond donors (Lipinski definition) is 0. The van der Waals surface area contributed by atoms with E-state index < -0.39 is 12.0 Å².